The van der Waals surface area contributed by atoms with Crippen LogP contribution >= 0.6 is 0 Å². The molecule has 0 amide bonds. The maximum Gasteiger partial charge on any atom is 0.163 e. The van der Waals surface area contributed by atoms with Crippen molar-refractivity contribution in [2.24, 2.45) is 11.8 Å². The zero-order chi connectivity index (χ0) is 14.8. The van der Waals surface area contributed by atoms with Gasteiger partial charge in [0.15, 0.2) is 11.5 Å². The van der Waals surface area contributed by atoms with Gasteiger partial charge >= 0.3 is 0 Å². The number of fused-ring (bicyclic) bond motifs is 1. The molecule has 0 saturated heterocycles. The lowest BCUT2D eigenvalue weighted by Crippen LogP contribution is -2.35. The van der Waals surface area contributed by atoms with Gasteiger partial charge in [-0.05, 0) is 24.7 Å². The summed E-state index contributed by atoms with van der Waals surface area (Å²) in [7, 11) is 0. The monoisotopic (exact) mass is 290 g/mol. The maximum atomic E-state index is 6.19. The Morgan fingerprint density at radius 1 is 1.10 bits per heavy atom. The first-order valence-corrected chi connectivity index (χ1v) is 8.11. The molecule has 1 aliphatic carbocycles. The summed E-state index contributed by atoms with van der Waals surface area (Å²) in [5, 5.41) is 3.67. The van der Waals surface area contributed by atoms with Gasteiger partial charge in [-0.1, -0.05) is 26.7 Å². The fraction of sp³-hybridized carbons (Fsp3) is 0.647. The number of ether oxygens (including phenoxy) is 2. The van der Waals surface area contributed by atoms with E-state index < -0.39 is 0 Å². The maximum absolute atomic E-state index is 6.19. The number of nitrogen functional groups attached to an aromatic ring is 1. The highest BCUT2D eigenvalue weighted by atomic mass is 16.6. The summed E-state index contributed by atoms with van der Waals surface area (Å²) in [6, 6.07) is 4.38. The number of hydrogen-bond donors (Lipinski definition) is 2. The molecular formula is C17H26N2O2. The van der Waals surface area contributed by atoms with Crippen LogP contribution in [0, 0.1) is 11.8 Å². The fourth-order valence-electron chi connectivity index (χ4n) is 3.57. The van der Waals surface area contributed by atoms with Gasteiger partial charge in [0.2, 0.25) is 0 Å². The Balaban J connectivity index is 1.80. The van der Waals surface area contributed by atoms with E-state index in [-0.39, 0.29) is 0 Å². The molecule has 0 bridgehead atoms. The van der Waals surface area contributed by atoms with E-state index in [1.807, 2.05) is 12.1 Å². The van der Waals surface area contributed by atoms with E-state index in [1.54, 1.807) is 0 Å². The van der Waals surface area contributed by atoms with Crippen LogP contribution in [0.15, 0.2) is 12.1 Å². The summed E-state index contributed by atoms with van der Waals surface area (Å²) in [6.07, 6.45) is 5.17. The molecule has 0 aromatic heterocycles. The van der Waals surface area contributed by atoms with Crippen LogP contribution in [-0.2, 0) is 0 Å². The zero-order valence-electron chi connectivity index (χ0n) is 13.0. The minimum Gasteiger partial charge on any atom is -0.486 e. The molecule has 2 unspecified atom stereocenters. The average molecular weight is 290 g/mol. The molecule has 1 saturated carbocycles. The topological polar surface area (TPSA) is 56.5 Å². The van der Waals surface area contributed by atoms with Gasteiger partial charge in [0.05, 0.1) is 11.4 Å². The fourth-order valence-corrected chi connectivity index (χ4v) is 3.57. The molecule has 3 rings (SSSR count). The number of nitrogens with two attached hydrogens (primary N) is 1. The van der Waals surface area contributed by atoms with Crippen LogP contribution in [0.5, 0.6) is 11.5 Å². The molecule has 1 aromatic rings. The van der Waals surface area contributed by atoms with Crippen molar-refractivity contribution < 1.29 is 9.47 Å². The van der Waals surface area contributed by atoms with Crippen LogP contribution in [0.1, 0.15) is 39.5 Å². The van der Waals surface area contributed by atoms with Gasteiger partial charge in [0.25, 0.3) is 0 Å². The summed E-state index contributed by atoms with van der Waals surface area (Å²) in [5.74, 6) is 2.97. The van der Waals surface area contributed by atoms with Gasteiger partial charge in [0.1, 0.15) is 13.2 Å². The van der Waals surface area contributed by atoms with Crippen molar-refractivity contribution in [3.05, 3.63) is 12.1 Å². The third-order valence-corrected chi connectivity index (χ3v) is 4.73. The summed E-state index contributed by atoms with van der Waals surface area (Å²) >= 11 is 0. The summed E-state index contributed by atoms with van der Waals surface area (Å²) in [6.45, 7) is 5.83. The lowest BCUT2D eigenvalue weighted by Gasteiger charge is -2.36. The smallest absolute Gasteiger partial charge is 0.163 e. The molecule has 1 aromatic carbocycles. The van der Waals surface area contributed by atoms with E-state index in [2.05, 4.69) is 19.2 Å². The first-order valence-electron chi connectivity index (χ1n) is 8.11. The van der Waals surface area contributed by atoms with Crippen LogP contribution in [0.25, 0.3) is 0 Å². The molecule has 2 aliphatic rings. The predicted molar refractivity (Wildman–Crippen MR) is 86.1 cm³/mol. The average Bonchev–Trinajstić information content (AvgIpc) is 2.48. The molecule has 4 nitrogen and oxygen atoms in total. The third kappa shape index (κ3) is 3.04. The molecule has 1 fully saturated rings. The molecule has 2 atom stereocenters. The number of hydrogen-bond acceptors (Lipinski definition) is 4. The van der Waals surface area contributed by atoms with E-state index in [0.29, 0.717) is 31.1 Å². The Bertz CT molecular complexity index is 502. The first kappa shape index (κ1) is 14.4. The van der Waals surface area contributed by atoms with Crippen LogP contribution in [0.3, 0.4) is 0 Å². The normalized spacial score (nSPS) is 24.9. The van der Waals surface area contributed by atoms with Crippen LogP contribution in [0.4, 0.5) is 11.4 Å². The zero-order valence-corrected chi connectivity index (χ0v) is 13.0. The quantitative estimate of drug-likeness (QED) is 0.834. The number of nitrogens with one attached hydrogen (secondary N) is 1. The van der Waals surface area contributed by atoms with Gasteiger partial charge in [-0.2, -0.15) is 0 Å². The Morgan fingerprint density at radius 2 is 1.76 bits per heavy atom. The van der Waals surface area contributed by atoms with E-state index >= 15 is 0 Å². The predicted octanol–water partition coefficient (Wildman–Crippen LogP) is 3.67. The lowest BCUT2D eigenvalue weighted by molar-refractivity contribution is 0.172. The molecular weight excluding hydrogens is 264 g/mol. The third-order valence-electron chi connectivity index (χ3n) is 4.73. The van der Waals surface area contributed by atoms with Crippen molar-refractivity contribution in [3.63, 3.8) is 0 Å². The second-order valence-electron chi connectivity index (χ2n) is 6.53. The minimum atomic E-state index is 0.503. The van der Waals surface area contributed by atoms with Crippen LogP contribution < -0.4 is 20.5 Å². The van der Waals surface area contributed by atoms with Gasteiger partial charge < -0.3 is 20.5 Å². The highest BCUT2D eigenvalue weighted by Gasteiger charge is 2.28. The first-order chi connectivity index (χ1) is 10.1. The molecule has 0 radical (unpaired) electrons. The van der Waals surface area contributed by atoms with Crippen molar-refractivity contribution in [3.8, 4) is 11.5 Å². The van der Waals surface area contributed by atoms with E-state index in [0.717, 1.165) is 22.9 Å². The SMILES string of the molecule is CC(C)C1CCCCC1Nc1cc2c(cc1N)OCCO2. The van der Waals surface area contributed by atoms with Crippen molar-refractivity contribution in [2.45, 2.75) is 45.6 Å². The molecule has 1 aliphatic heterocycles. The van der Waals surface area contributed by atoms with Gasteiger partial charge in [-0.25, -0.2) is 0 Å². The molecule has 0 spiro atoms. The van der Waals surface area contributed by atoms with E-state index in [4.69, 9.17) is 15.2 Å². The minimum absolute atomic E-state index is 0.503. The highest BCUT2D eigenvalue weighted by molar-refractivity contribution is 5.72. The van der Waals surface area contributed by atoms with Crippen molar-refractivity contribution >= 4 is 11.4 Å². The van der Waals surface area contributed by atoms with E-state index in [1.165, 1.54) is 25.7 Å². The van der Waals surface area contributed by atoms with Gasteiger partial charge in [0, 0.05) is 18.2 Å². The highest BCUT2D eigenvalue weighted by Crippen LogP contribution is 2.39. The second-order valence-corrected chi connectivity index (χ2v) is 6.53. The second kappa shape index (κ2) is 6.04. The molecule has 1 heterocycles. The van der Waals surface area contributed by atoms with E-state index in [9.17, 15) is 0 Å². The Morgan fingerprint density at radius 3 is 2.48 bits per heavy atom. The standard InChI is InChI=1S/C17H26N2O2/c1-11(2)12-5-3-4-6-14(12)19-15-10-17-16(9-13(15)18)20-7-8-21-17/h9-12,14,19H,3-8,18H2,1-2H3. The molecule has 3 N–H and O–H groups in total. The molecule has 4 heteroatoms. The number of rotatable bonds is 3. The van der Waals surface area contributed by atoms with Gasteiger partial charge in [-0.15, -0.1) is 0 Å². The van der Waals surface area contributed by atoms with Crippen LogP contribution in [0.2, 0.25) is 0 Å². The summed E-state index contributed by atoms with van der Waals surface area (Å²) in [4.78, 5) is 0. The number of benzene rings is 1. The largest absolute Gasteiger partial charge is 0.486 e. The van der Waals surface area contributed by atoms with Crippen molar-refractivity contribution in [1.29, 1.82) is 0 Å². The summed E-state index contributed by atoms with van der Waals surface area (Å²) in [5.41, 5.74) is 7.91. The van der Waals surface area contributed by atoms with Crippen molar-refractivity contribution in [2.75, 3.05) is 24.3 Å². The number of anilines is 2. The van der Waals surface area contributed by atoms with Crippen LogP contribution in [-0.4, -0.2) is 19.3 Å². The lowest BCUT2D eigenvalue weighted by atomic mass is 9.77. The van der Waals surface area contributed by atoms with Gasteiger partial charge in [-0.3, -0.25) is 0 Å². The van der Waals surface area contributed by atoms with Crippen molar-refractivity contribution in [1.82, 2.24) is 0 Å². The Hall–Kier alpha value is -1.58. The molecule has 116 valence electrons. The summed E-state index contributed by atoms with van der Waals surface area (Å²) < 4.78 is 11.2. The molecule has 21 heavy (non-hydrogen) atoms. The Labute approximate surface area is 127 Å². The Kier molecular flexibility index (Phi) is 4.13.